The topological polar surface area (TPSA) is 180 Å². The van der Waals surface area contributed by atoms with Crippen LogP contribution >= 0.6 is 0 Å². The molecule has 0 bridgehead atoms. The molecule has 34 heavy (non-hydrogen) atoms. The number of hydrogen-bond acceptors (Lipinski definition) is 9. The fraction of sp³-hybridized carbons (Fsp3) is 0.429. The van der Waals surface area contributed by atoms with E-state index in [1.807, 2.05) is 20.8 Å². The van der Waals surface area contributed by atoms with Crippen LogP contribution in [0.2, 0.25) is 0 Å². The minimum Gasteiger partial charge on any atom is -0.708 e. The maximum atomic E-state index is 11.0. The monoisotopic (exact) mass is 518 g/mol. The van der Waals surface area contributed by atoms with Crippen molar-refractivity contribution >= 4 is 0 Å². The van der Waals surface area contributed by atoms with Gasteiger partial charge in [0.25, 0.3) is 0 Å². The average Bonchev–Trinajstić information content (AvgIpc) is 2.79. The van der Waals surface area contributed by atoms with Crippen LogP contribution in [-0.2, 0) is 36.3 Å². The summed E-state index contributed by atoms with van der Waals surface area (Å²) in [5.41, 5.74) is 1.67. The minimum absolute atomic E-state index is 0. The maximum absolute atomic E-state index is 11.0. The summed E-state index contributed by atoms with van der Waals surface area (Å²) in [5.74, 6) is 0. The van der Waals surface area contributed by atoms with Crippen molar-refractivity contribution in [2.45, 2.75) is 59.3 Å². The Morgan fingerprint density at radius 3 is 1.03 bits per heavy atom. The minimum atomic E-state index is -0.476. The summed E-state index contributed by atoms with van der Waals surface area (Å²) >= 11 is 0. The Balaban J connectivity index is 0.000000473. The van der Waals surface area contributed by atoms with Gasteiger partial charge in [0.1, 0.15) is 35.7 Å². The Hall–Kier alpha value is -3.44. The molecule has 0 spiro atoms. The molecule has 3 aromatic rings. The number of nitrogens with zero attached hydrogens (tertiary/aromatic N) is 6. The van der Waals surface area contributed by atoms with E-state index in [4.69, 9.17) is 15.3 Å². The van der Waals surface area contributed by atoms with Crippen LogP contribution < -0.4 is 14.2 Å². The molecule has 3 heterocycles. The summed E-state index contributed by atoms with van der Waals surface area (Å²) in [4.78, 5) is 10.3. The molecule has 0 saturated carbocycles. The number of aromatic nitrogens is 6. The first-order valence-electron chi connectivity index (χ1n) is 10.6. The molecule has 0 radical (unpaired) electrons. The van der Waals surface area contributed by atoms with Crippen LogP contribution in [0.15, 0.2) is 36.8 Å². The Morgan fingerprint density at radius 1 is 0.588 bits per heavy atom. The van der Waals surface area contributed by atoms with Gasteiger partial charge in [0.05, 0.1) is 0 Å². The van der Waals surface area contributed by atoms with Crippen LogP contribution in [0.1, 0.15) is 57.1 Å². The van der Waals surface area contributed by atoms with Crippen LogP contribution in [0.4, 0.5) is 0 Å². The smallest absolute Gasteiger partial charge is 0.499 e. The van der Waals surface area contributed by atoms with E-state index in [1.54, 1.807) is 18.2 Å². The van der Waals surface area contributed by atoms with Crippen molar-refractivity contribution in [2.75, 3.05) is 0 Å². The van der Waals surface area contributed by atoms with Crippen molar-refractivity contribution < 1.29 is 46.6 Å². The Labute approximate surface area is 208 Å². The summed E-state index contributed by atoms with van der Waals surface area (Å²) in [5, 5.41) is 59.5. The molecule has 0 unspecified atom stereocenters. The summed E-state index contributed by atoms with van der Waals surface area (Å²) in [6.07, 6.45) is 8.92. The molecule has 0 amide bonds. The normalized spacial score (nSPS) is 9.62. The third-order valence-electron chi connectivity index (χ3n) is 4.22. The molecule has 0 fully saturated rings. The molecule has 0 aromatic carbocycles. The second-order valence-corrected chi connectivity index (χ2v) is 6.84. The van der Waals surface area contributed by atoms with Crippen LogP contribution in [0.25, 0.3) is 0 Å². The first-order chi connectivity index (χ1) is 15.8. The fourth-order valence-electron chi connectivity index (χ4n) is 2.64. The molecule has 0 saturated heterocycles. The van der Waals surface area contributed by atoms with Gasteiger partial charge in [0.2, 0.25) is 0 Å². The summed E-state index contributed by atoms with van der Waals surface area (Å²) in [6.45, 7) is 5.91. The van der Waals surface area contributed by atoms with Crippen molar-refractivity contribution in [3.8, 4) is 18.0 Å². The van der Waals surface area contributed by atoms with Gasteiger partial charge in [-0.25, -0.2) is 0 Å². The van der Waals surface area contributed by atoms with Gasteiger partial charge in [0.15, 0.2) is 0 Å². The van der Waals surface area contributed by atoms with Crippen LogP contribution in [0, 0.1) is 15.6 Å². The third-order valence-corrected chi connectivity index (χ3v) is 4.22. The Bertz CT molecular complexity index is 884. The second-order valence-electron chi connectivity index (χ2n) is 6.84. The number of aromatic hydroxyl groups is 3. The van der Waals surface area contributed by atoms with Gasteiger partial charge < -0.3 is 30.9 Å². The van der Waals surface area contributed by atoms with Gasteiger partial charge in [-0.1, -0.05) is 20.8 Å². The Kier molecular flexibility index (Phi) is 14.6. The quantitative estimate of drug-likeness (QED) is 0.245. The van der Waals surface area contributed by atoms with Gasteiger partial charge >= 0.3 is 18.0 Å². The zero-order valence-electron chi connectivity index (χ0n) is 19.3. The summed E-state index contributed by atoms with van der Waals surface area (Å²) in [7, 11) is 0. The van der Waals surface area contributed by atoms with Gasteiger partial charge in [-0.2, -0.15) is 14.2 Å². The summed E-state index contributed by atoms with van der Waals surface area (Å²) in [6, 6.07) is 3.39. The average molecular weight is 518 g/mol. The van der Waals surface area contributed by atoms with E-state index in [0.717, 1.165) is 19.3 Å². The molecule has 0 aliphatic carbocycles. The maximum Gasteiger partial charge on any atom is 0.499 e. The molecule has 12 nitrogen and oxygen atoms in total. The van der Waals surface area contributed by atoms with E-state index in [9.17, 15) is 15.6 Å². The first-order valence-corrected chi connectivity index (χ1v) is 10.6. The standard InChI is InChI=1S/3C7H10N2O2.Fe/c3*1-2-3-6-4-5-8-7(10)9(6)11;/h3*4-5H,2-3H2,1H3,(H,8,10);. The molecule has 0 atom stereocenters. The molecular formula is C21H30FeN6O6. The molecule has 0 aliphatic heterocycles. The van der Waals surface area contributed by atoms with Crippen LogP contribution in [0.5, 0.6) is 18.0 Å². The fourth-order valence-corrected chi connectivity index (χ4v) is 2.64. The molecule has 13 heteroatoms. The zero-order chi connectivity index (χ0) is 24.8. The molecule has 3 rings (SSSR count). The van der Waals surface area contributed by atoms with Crippen LogP contribution in [-0.4, -0.2) is 30.3 Å². The van der Waals surface area contributed by atoms with Gasteiger partial charge in [-0.05, 0) is 34.2 Å². The third kappa shape index (κ3) is 9.59. The second kappa shape index (κ2) is 16.2. The predicted molar refractivity (Wildman–Crippen MR) is 117 cm³/mol. The molecular weight excluding hydrogens is 488 g/mol. The van der Waals surface area contributed by atoms with Gasteiger partial charge in [0, 0.05) is 54.5 Å². The van der Waals surface area contributed by atoms with Crippen molar-refractivity contribution in [2.24, 2.45) is 0 Å². The number of hydrogen-bond donors (Lipinski definition) is 3. The summed E-state index contributed by atoms with van der Waals surface area (Å²) < 4.78 is 1.34. The number of rotatable bonds is 6. The van der Waals surface area contributed by atoms with E-state index in [0.29, 0.717) is 50.5 Å². The largest absolute Gasteiger partial charge is 0.708 e. The van der Waals surface area contributed by atoms with E-state index in [1.165, 1.54) is 18.6 Å². The van der Waals surface area contributed by atoms with Crippen molar-refractivity contribution in [1.82, 2.24) is 15.0 Å². The van der Waals surface area contributed by atoms with Crippen molar-refractivity contribution in [3.05, 3.63) is 69.5 Å². The first kappa shape index (κ1) is 30.6. The van der Waals surface area contributed by atoms with Gasteiger partial charge in [-0.3, -0.25) is 0 Å². The van der Waals surface area contributed by atoms with Crippen LogP contribution in [0.3, 0.4) is 0 Å². The zero-order valence-corrected chi connectivity index (χ0v) is 20.4. The van der Waals surface area contributed by atoms with E-state index in [-0.39, 0.29) is 17.1 Å². The molecule has 3 aromatic heterocycles. The SMILES string of the molecule is CCCc1ccnc(O)[n+]1[O-].CCCc1ccnc(O)[n+]1[O-].CCCc1ccnc(O)[n+]1[O-].[Fe]. The molecule has 188 valence electrons. The number of aryl methyl sites for hydroxylation is 3. The van der Waals surface area contributed by atoms with E-state index >= 15 is 0 Å². The van der Waals surface area contributed by atoms with Crippen molar-refractivity contribution in [1.29, 1.82) is 0 Å². The molecule has 3 N–H and O–H groups in total. The van der Waals surface area contributed by atoms with Crippen molar-refractivity contribution in [3.63, 3.8) is 0 Å². The van der Waals surface area contributed by atoms with E-state index in [2.05, 4.69) is 15.0 Å². The van der Waals surface area contributed by atoms with Gasteiger partial charge in [-0.15, -0.1) is 0 Å². The van der Waals surface area contributed by atoms with E-state index < -0.39 is 18.0 Å². The molecule has 0 aliphatic rings. The predicted octanol–water partition coefficient (Wildman–Crippen LogP) is 1.12. The Morgan fingerprint density at radius 2 is 0.824 bits per heavy atom.